The predicted octanol–water partition coefficient (Wildman–Crippen LogP) is 4.75. The van der Waals surface area contributed by atoms with E-state index in [9.17, 15) is 0 Å². The summed E-state index contributed by atoms with van der Waals surface area (Å²) < 4.78 is 0. The first-order valence-electron chi connectivity index (χ1n) is 5.73. The van der Waals surface area contributed by atoms with Crippen molar-refractivity contribution in [1.29, 1.82) is 0 Å². The summed E-state index contributed by atoms with van der Waals surface area (Å²) >= 11 is 0. The standard InChI is InChI=1S/C15H24/c1-13(2)7-9-14(3,4)11-12-15(5,6)10-8-13/h7-12H,1-6H3. The van der Waals surface area contributed by atoms with Gasteiger partial charge in [0.15, 0.2) is 0 Å². The normalized spacial score (nSPS) is 26.8. The molecule has 0 saturated heterocycles. The highest BCUT2D eigenvalue weighted by molar-refractivity contribution is 5.21. The van der Waals surface area contributed by atoms with Crippen molar-refractivity contribution in [2.24, 2.45) is 16.2 Å². The average molecular weight is 204 g/mol. The van der Waals surface area contributed by atoms with Gasteiger partial charge in [-0.3, -0.25) is 0 Å². The Morgan fingerprint density at radius 2 is 0.533 bits per heavy atom. The lowest BCUT2D eigenvalue weighted by atomic mass is 9.86. The van der Waals surface area contributed by atoms with Gasteiger partial charge in [0.2, 0.25) is 0 Å². The van der Waals surface area contributed by atoms with Crippen molar-refractivity contribution in [2.75, 3.05) is 0 Å². The van der Waals surface area contributed by atoms with Gasteiger partial charge in [0, 0.05) is 16.2 Å². The van der Waals surface area contributed by atoms with E-state index in [4.69, 9.17) is 0 Å². The van der Waals surface area contributed by atoms with Crippen LogP contribution in [-0.2, 0) is 0 Å². The Kier molecular flexibility index (Phi) is 3.00. The quantitative estimate of drug-likeness (QED) is 0.500. The lowest BCUT2D eigenvalue weighted by Gasteiger charge is -2.18. The lowest BCUT2D eigenvalue weighted by molar-refractivity contribution is 0.582. The Morgan fingerprint density at radius 1 is 0.400 bits per heavy atom. The molecule has 0 saturated carbocycles. The Hall–Kier alpha value is -0.780. The van der Waals surface area contributed by atoms with Gasteiger partial charge in [-0.2, -0.15) is 0 Å². The molecule has 0 spiro atoms. The molecule has 0 aromatic carbocycles. The molecule has 84 valence electrons. The highest BCUT2D eigenvalue weighted by Gasteiger charge is 2.19. The minimum atomic E-state index is 0.153. The number of rotatable bonds is 0. The third kappa shape index (κ3) is 4.07. The molecule has 0 heterocycles. The predicted molar refractivity (Wildman–Crippen MR) is 68.8 cm³/mol. The SMILES string of the molecule is CC1(C)C=CC(C)(C)C=CC(C)(C)C=C1. The Morgan fingerprint density at radius 3 is 0.667 bits per heavy atom. The molecule has 15 heavy (non-hydrogen) atoms. The molecule has 0 unspecified atom stereocenters. The molecular weight excluding hydrogens is 180 g/mol. The van der Waals surface area contributed by atoms with Gasteiger partial charge in [-0.15, -0.1) is 0 Å². The average Bonchev–Trinajstić information content (AvgIpc) is 2.12. The van der Waals surface area contributed by atoms with Gasteiger partial charge < -0.3 is 0 Å². The van der Waals surface area contributed by atoms with Crippen molar-refractivity contribution in [2.45, 2.75) is 41.5 Å². The monoisotopic (exact) mass is 204 g/mol. The van der Waals surface area contributed by atoms with Crippen LogP contribution in [0.25, 0.3) is 0 Å². The smallest absolute Gasteiger partial charge is 0.000503 e. The van der Waals surface area contributed by atoms with Crippen LogP contribution in [-0.4, -0.2) is 0 Å². The second-order valence-electron chi connectivity index (χ2n) is 6.46. The van der Waals surface area contributed by atoms with Crippen LogP contribution in [0.3, 0.4) is 0 Å². The molecule has 1 aliphatic rings. The minimum Gasteiger partial charge on any atom is -0.0783 e. The summed E-state index contributed by atoms with van der Waals surface area (Å²) in [6, 6.07) is 0. The van der Waals surface area contributed by atoms with Gasteiger partial charge in [-0.1, -0.05) is 78.0 Å². The van der Waals surface area contributed by atoms with Gasteiger partial charge in [0.1, 0.15) is 0 Å². The number of allylic oxidation sites excluding steroid dienone is 6. The maximum Gasteiger partial charge on any atom is 0.000503 e. The first-order valence-corrected chi connectivity index (χ1v) is 5.73. The molecule has 0 fully saturated rings. The van der Waals surface area contributed by atoms with E-state index in [1.807, 2.05) is 0 Å². The van der Waals surface area contributed by atoms with Crippen LogP contribution < -0.4 is 0 Å². The van der Waals surface area contributed by atoms with E-state index in [0.717, 1.165) is 0 Å². The van der Waals surface area contributed by atoms with E-state index in [-0.39, 0.29) is 16.2 Å². The fourth-order valence-electron chi connectivity index (χ4n) is 1.46. The Balaban J connectivity index is 3.14. The summed E-state index contributed by atoms with van der Waals surface area (Å²) in [5, 5.41) is 0. The van der Waals surface area contributed by atoms with Crippen LogP contribution in [0.2, 0.25) is 0 Å². The minimum absolute atomic E-state index is 0.153. The molecule has 1 rings (SSSR count). The molecule has 0 amide bonds. The zero-order valence-electron chi connectivity index (χ0n) is 11.0. The maximum atomic E-state index is 2.30. The molecule has 0 nitrogen and oxygen atoms in total. The third-order valence-electron chi connectivity index (χ3n) is 2.83. The van der Waals surface area contributed by atoms with Crippen molar-refractivity contribution in [3.63, 3.8) is 0 Å². The van der Waals surface area contributed by atoms with Crippen LogP contribution in [0.4, 0.5) is 0 Å². The van der Waals surface area contributed by atoms with Crippen LogP contribution in [0.5, 0.6) is 0 Å². The molecule has 0 N–H and O–H groups in total. The molecule has 1 aliphatic carbocycles. The van der Waals surface area contributed by atoms with Crippen LogP contribution >= 0.6 is 0 Å². The summed E-state index contributed by atoms with van der Waals surface area (Å²) in [6.07, 6.45) is 13.8. The van der Waals surface area contributed by atoms with E-state index in [0.29, 0.717) is 0 Å². The van der Waals surface area contributed by atoms with Crippen LogP contribution in [0.1, 0.15) is 41.5 Å². The van der Waals surface area contributed by atoms with E-state index >= 15 is 0 Å². The van der Waals surface area contributed by atoms with E-state index in [1.165, 1.54) is 0 Å². The summed E-state index contributed by atoms with van der Waals surface area (Å²) in [5.41, 5.74) is 0.460. The highest BCUT2D eigenvalue weighted by Crippen LogP contribution is 2.32. The van der Waals surface area contributed by atoms with Gasteiger partial charge in [-0.25, -0.2) is 0 Å². The van der Waals surface area contributed by atoms with Gasteiger partial charge in [0.05, 0.1) is 0 Å². The zero-order valence-corrected chi connectivity index (χ0v) is 11.0. The second kappa shape index (κ2) is 3.66. The summed E-state index contributed by atoms with van der Waals surface area (Å²) in [5.74, 6) is 0. The van der Waals surface area contributed by atoms with Crippen molar-refractivity contribution < 1.29 is 0 Å². The fourth-order valence-corrected chi connectivity index (χ4v) is 1.46. The topological polar surface area (TPSA) is 0 Å². The molecule has 0 bridgehead atoms. The second-order valence-corrected chi connectivity index (χ2v) is 6.46. The first-order chi connectivity index (χ1) is 6.62. The van der Waals surface area contributed by atoms with Crippen molar-refractivity contribution in [3.05, 3.63) is 36.5 Å². The molecule has 0 aliphatic heterocycles. The van der Waals surface area contributed by atoms with Gasteiger partial charge in [0.25, 0.3) is 0 Å². The maximum absolute atomic E-state index is 2.30. The van der Waals surface area contributed by atoms with E-state index in [2.05, 4.69) is 78.0 Å². The highest BCUT2D eigenvalue weighted by atomic mass is 14.2. The largest absolute Gasteiger partial charge is 0.0783 e. The number of hydrogen-bond acceptors (Lipinski definition) is 0. The molecule has 0 aromatic rings. The van der Waals surface area contributed by atoms with Crippen LogP contribution in [0, 0.1) is 16.2 Å². The molecular formula is C15H24. The molecule has 0 radical (unpaired) electrons. The number of hydrogen-bond donors (Lipinski definition) is 0. The van der Waals surface area contributed by atoms with Gasteiger partial charge in [-0.05, 0) is 0 Å². The van der Waals surface area contributed by atoms with Crippen molar-refractivity contribution in [1.82, 2.24) is 0 Å². The van der Waals surface area contributed by atoms with E-state index < -0.39 is 0 Å². The summed E-state index contributed by atoms with van der Waals surface area (Å²) in [7, 11) is 0. The van der Waals surface area contributed by atoms with Crippen LogP contribution in [0.15, 0.2) is 36.5 Å². The molecule has 0 heteroatoms. The summed E-state index contributed by atoms with van der Waals surface area (Å²) in [4.78, 5) is 0. The van der Waals surface area contributed by atoms with Crippen molar-refractivity contribution in [3.8, 4) is 0 Å². The Labute approximate surface area is 94.8 Å². The van der Waals surface area contributed by atoms with E-state index in [1.54, 1.807) is 0 Å². The fraction of sp³-hybridized carbons (Fsp3) is 0.600. The van der Waals surface area contributed by atoms with Gasteiger partial charge >= 0.3 is 0 Å². The molecule has 0 aromatic heterocycles. The summed E-state index contributed by atoms with van der Waals surface area (Å²) in [6.45, 7) is 13.5. The lowest BCUT2D eigenvalue weighted by Crippen LogP contribution is -2.06. The Bertz CT molecular complexity index is 233. The van der Waals surface area contributed by atoms with Crippen molar-refractivity contribution >= 4 is 0 Å². The zero-order chi connectivity index (χ0) is 11.7. The third-order valence-corrected chi connectivity index (χ3v) is 2.83. The molecule has 0 atom stereocenters. The first kappa shape index (κ1) is 12.3.